The summed E-state index contributed by atoms with van der Waals surface area (Å²) in [7, 11) is 0. The zero-order chi connectivity index (χ0) is 12.9. The molecule has 2 N–H and O–H groups in total. The molecular formula is C13H26N2OS. The van der Waals surface area contributed by atoms with Crippen molar-refractivity contribution in [2.75, 3.05) is 12.3 Å². The Hall–Kier alpha value is -0.220. The Balaban J connectivity index is 2.17. The van der Waals surface area contributed by atoms with E-state index >= 15 is 0 Å². The van der Waals surface area contributed by atoms with Crippen molar-refractivity contribution in [1.82, 2.24) is 10.6 Å². The molecule has 1 saturated carbocycles. The third-order valence-electron chi connectivity index (χ3n) is 2.85. The molecule has 0 bridgehead atoms. The molecule has 0 radical (unpaired) electrons. The van der Waals surface area contributed by atoms with E-state index in [-0.39, 0.29) is 11.4 Å². The molecule has 0 aromatic heterocycles. The highest BCUT2D eigenvalue weighted by Gasteiger charge is 2.24. The van der Waals surface area contributed by atoms with Crippen LogP contribution < -0.4 is 10.6 Å². The summed E-state index contributed by atoms with van der Waals surface area (Å²) in [6.45, 7) is 8.69. The molecule has 2 unspecified atom stereocenters. The van der Waals surface area contributed by atoms with Crippen LogP contribution in [0.1, 0.15) is 47.0 Å². The molecule has 1 aliphatic carbocycles. The van der Waals surface area contributed by atoms with Gasteiger partial charge in [-0.1, -0.05) is 6.92 Å². The van der Waals surface area contributed by atoms with E-state index in [0.717, 1.165) is 5.25 Å². The quantitative estimate of drug-likeness (QED) is 0.794. The predicted octanol–water partition coefficient (Wildman–Crippen LogP) is 2.16. The van der Waals surface area contributed by atoms with E-state index in [2.05, 4.69) is 17.6 Å². The van der Waals surface area contributed by atoms with Crippen molar-refractivity contribution in [3.63, 3.8) is 0 Å². The van der Waals surface area contributed by atoms with Gasteiger partial charge in [0.15, 0.2) is 0 Å². The minimum atomic E-state index is -0.130. The van der Waals surface area contributed by atoms with E-state index in [0.29, 0.717) is 12.6 Å². The van der Waals surface area contributed by atoms with Crippen LogP contribution >= 0.6 is 11.8 Å². The lowest BCUT2D eigenvalue weighted by Gasteiger charge is -2.21. The van der Waals surface area contributed by atoms with E-state index in [9.17, 15) is 4.79 Å². The number of carbonyl (C=O) groups is 1. The summed E-state index contributed by atoms with van der Waals surface area (Å²) in [5, 5.41) is 7.13. The summed E-state index contributed by atoms with van der Waals surface area (Å²) < 4.78 is 0. The Morgan fingerprint density at radius 2 is 2.06 bits per heavy atom. The van der Waals surface area contributed by atoms with Crippen molar-refractivity contribution < 1.29 is 4.79 Å². The molecule has 0 aliphatic heterocycles. The molecule has 2 atom stereocenters. The molecule has 1 rings (SSSR count). The number of carbonyl (C=O) groups excluding carboxylic acids is 1. The maximum Gasteiger partial charge on any atom is 0.234 e. The molecule has 100 valence electrons. The van der Waals surface area contributed by atoms with Crippen molar-refractivity contribution in [2.24, 2.45) is 0 Å². The summed E-state index contributed by atoms with van der Waals surface area (Å²) in [6.07, 6.45) is 3.71. The molecular weight excluding hydrogens is 232 g/mol. The van der Waals surface area contributed by atoms with Crippen molar-refractivity contribution in [1.29, 1.82) is 0 Å². The van der Waals surface area contributed by atoms with Crippen LogP contribution in [-0.4, -0.2) is 35.0 Å². The first-order valence-corrected chi connectivity index (χ1v) is 7.61. The fraction of sp³-hybridized carbons (Fsp3) is 0.923. The number of hydrogen-bond acceptors (Lipinski definition) is 3. The van der Waals surface area contributed by atoms with Crippen LogP contribution in [0.25, 0.3) is 0 Å². The molecule has 0 saturated heterocycles. The average molecular weight is 258 g/mol. The third-order valence-corrected chi connectivity index (χ3v) is 4.09. The highest BCUT2D eigenvalue weighted by Crippen LogP contribution is 2.29. The van der Waals surface area contributed by atoms with Gasteiger partial charge < -0.3 is 10.6 Å². The van der Waals surface area contributed by atoms with Gasteiger partial charge in [-0.05, 0) is 45.8 Å². The standard InChI is InChI=1S/C13H26N2OS/c1-5-17-11-7-6-10(8-11)14-9-12(16)15-13(2,3)4/h10-11,14H,5-9H2,1-4H3,(H,15,16). The van der Waals surface area contributed by atoms with Gasteiger partial charge in [0.2, 0.25) is 5.91 Å². The summed E-state index contributed by atoms with van der Waals surface area (Å²) in [5.74, 6) is 1.30. The second-order valence-corrected chi connectivity index (χ2v) is 7.34. The number of nitrogens with one attached hydrogen (secondary N) is 2. The normalized spacial score (nSPS) is 24.9. The number of hydrogen-bond donors (Lipinski definition) is 2. The van der Waals surface area contributed by atoms with E-state index in [4.69, 9.17) is 0 Å². The van der Waals surface area contributed by atoms with Crippen LogP contribution in [0, 0.1) is 0 Å². The fourth-order valence-electron chi connectivity index (χ4n) is 2.21. The van der Waals surface area contributed by atoms with Crippen LogP contribution in [0.4, 0.5) is 0 Å². The van der Waals surface area contributed by atoms with Gasteiger partial charge in [0.1, 0.15) is 0 Å². The van der Waals surface area contributed by atoms with Gasteiger partial charge in [0.25, 0.3) is 0 Å². The largest absolute Gasteiger partial charge is 0.350 e. The lowest BCUT2D eigenvalue weighted by Crippen LogP contribution is -2.46. The van der Waals surface area contributed by atoms with Crippen LogP contribution in [-0.2, 0) is 4.79 Å². The van der Waals surface area contributed by atoms with Crippen LogP contribution in [0.5, 0.6) is 0 Å². The lowest BCUT2D eigenvalue weighted by atomic mass is 10.1. The van der Waals surface area contributed by atoms with Gasteiger partial charge in [-0.2, -0.15) is 11.8 Å². The van der Waals surface area contributed by atoms with E-state index < -0.39 is 0 Å². The van der Waals surface area contributed by atoms with Gasteiger partial charge in [-0.25, -0.2) is 0 Å². The highest BCUT2D eigenvalue weighted by molar-refractivity contribution is 7.99. The second kappa shape index (κ2) is 6.64. The minimum Gasteiger partial charge on any atom is -0.350 e. The van der Waals surface area contributed by atoms with Crippen molar-refractivity contribution >= 4 is 17.7 Å². The van der Waals surface area contributed by atoms with E-state index in [1.807, 2.05) is 32.5 Å². The SMILES string of the molecule is CCSC1CCC(NCC(=O)NC(C)(C)C)C1. The maximum absolute atomic E-state index is 11.6. The first-order valence-electron chi connectivity index (χ1n) is 6.56. The molecule has 17 heavy (non-hydrogen) atoms. The zero-order valence-corrected chi connectivity index (χ0v) is 12.3. The molecule has 0 aromatic rings. The first-order chi connectivity index (χ1) is 7.90. The van der Waals surface area contributed by atoms with Gasteiger partial charge >= 0.3 is 0 Å². The minimum absolute atomic E-state index is 0.101. The van der Waals surface area contributed by atoms with Gasteiger partial charge in [0, 0.05) is 16.8 Å². The average Bonchev–Trinajstić information content (AvgIpc) is 2.61. The van der Waals surface area contributed by atoms with Gasteiger partial charge in [0.05, 0.1) is 6.54 Å². The fourth-order valence-corrected chi connectivity index (χ4v) is 3.35. The Morgan fingerprint density at radius 1 is 1.35 bits per heavy atom. The van der Waals surface area contributed by atoms with Gasteiger partial charge in [-0.15, -0.1) is 0 Å². The van der Waals surface area contributed by atoms with Crippen LogP contribution in [0.15, 0.2) is 0 Å². The summed E-state index contributed by atoms with van der Waals surface area (Å²) in [4.78, 5) is 11.6. The first kappa shape index (κ1) is 14.8. The molecule has 1 fully saturated rings. The molecule has 0 spiro atoms. The summed E-state index contributed by atoms with van der Waals surface area (Å²) in [6, 6.07) is 0.532. The molecule has 4 heteroatoms. The molecule has 1 aliphatic rings. The Morgan fingerprint density at radius 3 is 2.65 bits per heavy atom. The number of rotatable bonds is 5. The van der Waals surface area contributed by atoms with Crippen molar-refractivity contribution in [3.05, 3.63) is 0 Å². The topological polar surface area (TPSA) is 41.1 Å². The summed E-state index contributed by atoms with van der Waals surface area (Å²) in [5.41, 5.74) is -0.130. The Labute approximate surface area is 109 Å². The maximum atomic E-state index is 11.6. The zero-order valence-electron chi connectivity index (χ0n) is 11.5. The highest BCUT2D eigenvalue weighted by atomic mass is 32.2. The van der Waals surface area contributed by atoms with Crippen LogP contribution in [0.3, 0.4) is 0 Å². The Bertz CT molecular complexity index is 250. The molecule has 3 nitrogen and oxygen atoms in total. The van der Waals surface area contributed by atoms with Crippen molar-refractivity contribution in [2.45, 2.75) is 63.8 Å². The predicted molar refractivity (Wildman–Crippen MR) is 75.5 cm³/mol. The van der Waals surface area contributed by atoms with E-state index in [1.165, 1.54) is 25.0 Å². The Kier molecular flexibility index (Phi) is 5.80. The molecule has 0 aromatic carbocycles. The lowest BCUT2D eigenvalue weighted by molar-refractivity contribution is -0.121. The summed E-state index contributed by atoms with van der Waals surface area (Å²) >= 11 is 2.05. The van der Waals surface area contributed by atoms with Gasteiger partial charge in [-0.3, -0.25) is 4.79 Å². The smallest absolute Gasteiger partial charge is 0.234 e. The van der Waals surface area contributed by atoms with Crippen molar-refractivity contribution in [3.8, 4) is 0 Å². The number of thioether (sulfide) groups is 1. The van der Waals surface area contributed by atoms with E-state index in [1.54, 1.807) is 0 Å². The molecule has 1 amide bonds. The second-order valence-electron chi connectivity index (χ2n) is 5.77. The number of amides is 1. The molecule has 0 heterocycles. The monoisotopic (exact) mass is 258 g/mol. The third kappa shape index (κ3) is 6.32. The van der Waals surface area contributed by atoms with Crippen LogP contribution in [0.2, 0.25) is 0 Å².